The number of aliphatic carboxylic acids is 1. The number of carboxylic acids is 1. The monoisotopic (exact) mass is 206 g/mol. The molecular formula is C9H18O3S. The van der Waals surface area contributed by atoms with Gasteiger partial charge in [0.2, 0.25) is 0 Å². The van der Waals surface area contributed by atoms with Crippen LogP contribution in [0.4, 0.5) is 0 Å². The molecule has 2 atom stereocenters. The Balaban J connectivity index is 4.02. The highest BCUT2D eigenvalue weighted by molar-refractivity contribution is 8.01. The average molecular weight is 206 g/mol. The summed E-state index contributed by atoms with van der Waals surface area (Å²) in [5.74, 6) is -0.631. The Morgan fingerprint density at radius 3 is 2.23 bits per heavy atom. The van der Waals surface area contributed by atoms with Gasteiger partial charge in [-0.3, -0.25) is 4.79 Å². The van der Waals surface area contributed by atoms with Crippen LogP contribution in [0.1, 0.15) is 27.2 Å². The SMILES string of the molecule is CC(CCO)SC(C(=O)O)C(C)C. The maximum Gasteiger partial charge on any atom is 0.316 e. The Hall–Kier alpha value is -0.220. The Labute approximate surface area is 83.5 Å². The van der Waals surface area contributed by atoms with Gasteiger partial charge in [0.15, 0.2) is 0 Å². The van der Waals surface area contributed by atoms with Crippen LogP contribution in [0.3, 0.4) is 0 Å². The number of aliphatic hydroxyl groups is 1. The molecule has 0 spiro atoms. The van der Waals surface area contributed by atoms with Gasteiger partial charge < -0.3 is 10.2 Å². The fraction of sp³-hybridized carbons (Fsp3) is 0.889. The molecule has 0 radical (unpaired) electrons. The van der Waals surface area contributed by atoms with Gasteiger partial charge in [0.1, 0.15) is 5.25 Å². The molecular weight excluding hydrogens is 188 g/mol. The first kappa shape index (κ1) is 12.8. The summed E-state index contributed by atoms with van der Waals surface area (Å²) in [5, 5.41) is 17.4. The summed E-state index contributed by atoms with van der Waals surface area (Å²) >= 11 is 1.43. The van der Waals surface area contributed by atoms with Crippen LogP contribution in [0, 0.1) is 5.92 Å². The van der Waals surface area contributed by atoms with Crippen molar-refractivity contribution in [2.24, 2.45) is 5.92 Å². The van der Waals surface area contributed by atoms with E-state index in [1.807, 2.05) is 20.8 Å². The molecule has 0 bridgehead atoms. The first-order valence-electron chi connectivity index (χ1n) is 4.48. The normalized spacial score (nSPS) is 15.8. The van der Waals surface area contributed by atoms with Gasteiger partial charge in [-0.25, -0.2) is 0 Å². The van der Waals surface area contributed by atoms with Crippen molar-refractivity contribution in [3.05, 3.63) is 0 Å². The highest BCUT2D eigenvalue weighted by atomic mass is 32.2. The van der Waals surface area contributed by atoms with Gasteiger partial charge in [-0.05, 0) is 12.3 Å². The number of thioether (sulfide) groups is 1. The summed E-state index contributed by atoms with van der Waals surface area (Å²) in [6, 6.07) is 0. The second-order valence-corrected chi connectivity index (χ2v) is 5.05. The van der Waals surface area contributed by atoms with Crippen molar-refractivity contribution in [1.82, 2.24) is 0 Å². The number of carboxylic acid groups (broad SMARTS) is 1. The molecule has 0 aromatic rings. The quantitative estimate of drug-likeness (QED) is 0.693. The van der Waals surface area contributed by atoms with Gasteiger partial charge in [0, 0.05) is 11.9 Å². The third-order valence-corrected chi connectivity index (χ3v) is 3.50. The first-order valence-corrected chi connectivity index (χ1v) is 5.42. The minimum Gasteiger partial charge on any atom is -0.480 e. The van der Waals surface area contributed by atoms with Crippen LogP contribution in [0.2, 0.25) is 0 Å². The molecule has 0 saturated heterocycles. The fourth-order valence-electron chi connectivity index (χ4n) is 1.00. The van der Waals surface area contributed by atoms with Crippen LogP contribution in [0.5, 0.6) is 0 Å². The molecule has 0 aromatic heterocycles. The van der Waals surface area contributed by atoms with Crippen molar-refractivity contribution in [2.45, 2.75) is 37.7 Å². The molecule has 0 rings (SSSR count). The average Bonchev–Trinajstić information content (AvgIpc) is 1.99. The van der Waals surface area contributed by atoms with Crippen molar-refractivity contribution in [2.75, 3.05) is 6.61 Å². The lowest BCUT2D eigenvalue weighted by Gasteiger charge is -2.19. The number of carbonyl (C=O) groups is 1. The summed E-state index contributed by atoms with van der Waals surface area (Å²) in [7, 11) is 0. The zero-order valence-corrected chi connectivity index (χ0v) is 9.17. The van der Waals surface area contributed by atoms with Crippen LogP contribution in [0.15, 0.2) is 0 Å². The largest absolute Gasteiger partial charge is 0.480 e. The molecule has 0 aliphatic carbocycles. The Morgan fingerprint density at radius 1 is 1.38 bits per heavy atom. The van der Waals surface area contributed by atoms with E-state index in [-0.39, 0.29) is 23.0 Å². The van der Waals surface area contributed by atoms with Crippen LogP contribution in [-0.2, 0) is 4.79 Å². The maximum atomic E-state index is 10.8. The molecule has 2 N–H and O–H groups in total. The van der Waals surface area contributed by atoms with Crippen molar-refractivity contribution >= 4 is 17.7 Å². The zero-order valence-electron chi connectivity index (χ0n) is 8.36. The summed E-state index contributed by atoms with van der Waals surface area (Å²) in [6.45, 7) is 5.87. The first-order chi connectivity index (χ1) is 5.99. The molecule has 2 unspecified atom stereocenters. The van der Waals surface area contributed by atoms with Crippen LogP contribution < -0.4 is 0 Å². The molecule has 3 nitrogen and oxygen atoms in total. The summed E-state index contributed by atoms with van der Waals surface area (Å²) in [5.41, 5.74) is 0. The zero-order chi connectivity index (χ0) is 10.4. The smallest absolute Gasteiger partial charge is 0.316 e. The lowest BCUT2D eigenvalue weighted by atomic mass is 10.1. The lowest BCUT2D eigenvalue weighted by Crippen LogP contribution is -2.25. The van der Waals surface area contributed by atoms with Gasteiger partial charge in [-0.15, -0.1) is 11.8 Å². The number of hydrogen-bond donors (Lipinski definition) is 2. The predicted octanol–water partition coefficient (Wildman–Crippen LogP) is 1.60. The molecule has 78 valence electrons. The summed E-state index contributed by atoms with van der Waals surface area (Å²) in [6.07, 6.45) is 0.654. The molecule has 0 saturated carbocycles. The van der Waals surface area contributed by atoms with E-state index >= 15 is 0 Å². The van der Waals surface area contributed by atoms with E-state index < -0.39 is 5.97 Å². The summed E-state index contributed by atoms with van der Waals surface area (Å²) < 4.78 is 0. The molecule has 0 amide bonds. The third kappa shape index (κ3) is 5.16. The molecule has 4 heteroatoms. The molecule has 0 fully saturated rings. The number of aliphatic hydroxyl groups excluding tert-OH is 1. The third-order valence-electron chi connectivity index (χ3n) is 1.76. The van der Waals surface area contributed by atoms with E-state index in [4.69, 9.17) is 10.2 Å². The fourth-order valence-corrected chi connectivity index (χ4v) is 2.17. The van der Waals surface area contributed by atoms with Crippen LogP contribution in [0.25, 0.3) is 0 Å². The van der Waals surface area contributed by atoms with E-state index in [9.17, 15) is 4.79 Å². The second-order valence-electron chi connectivity index (χ2n) is 3.46. The number of rotatable bonds is 6. The predicted molar refractivity (Wildman–Crippen MR) is 55.0 cm³/mol. The molecule has 13 heavy (non-hydrogen) atoms. The summed E-state index contributed by atoms with van der Waals surface area (Å²) in [4.78, 5) is 10.8. The van der Waals surface area contributed by atoms with Crippen molar-refractivity contribution in [1.29, 1.82) is 0 Å². The lowest BCUT2D eigenvalue weighted by molar-refractivity contribution is -0.137. The van der Waals surface area contributed by atoms with Crippen molar-refractivity contribution in [3.63, 3.8) is 0 Å². The van der Waals surface area contributed by atoms with Gasteiger partial charge >= 0.3 is 5.97 Å². The minimum atomic E-state index is -0.759. The van der Waals surface area contributed by atoms with Crippen LogP contribution >= 0.6 is 11.8 Å². The van der Waals surface area contributed by atoms with Crippen molar-refractivity contribution in [3.8, 4) is 0 Å². The topological polar surface area (TPSA) is 57.5 Å². The number of hydrogen-bond acceptors (Lipinski definition) is 3. The van der Waals surface area contributed by atoms with Gasteiger partial charge in [-0.2, -0.15) is 0 Å². The van der Waals surface area contributed by atoms with Gasteiger partial charge in [0.25, 0.3) is 0 Å². The van der Waals surface area contributed by atoms with E-state index in [0.717, 1.165) is 0 Å². The van der Waals surface area contributed by atoms with Gasteiger partial charge in [0.05, 0.1) is 0 Å². The van der Waals surface area contributed by atoms with Crippen LogP contribution in [-0.4, -0.2) is 33.3 Å². The Bertz CT molecular complexity index is 159. The Kier molecular flexibility index (Phi) is 6.16. The van der Waals surface area contributed by atoms with Gasteiger partial charge in [-0.1, -0.05) is 20.8 Å². The minimum absolute atomic E-state index is 0.124. The van der Waals surface area contributed by atoms with E-state index in [1.165, 1.54) is 11.8 Å². The standard InChI is InChI=1S/C9H18O3S/c1-6(2)8(9(11)12)13-7(3)4-5-10/h6-8,10H,4-5H2,1-3H3,(H,11,12). The highest BCUT2D eigenvalue weighted by Gasteiger charge is 2.23. The molecule has 0 aromatic carbocycles. The second kappa shape index (κ2) is 6.27. The van der Waals surface area contributed by atoms with E-state index in [0.29, 0.717) is 6.42 Å². The van der Waals surface area contributed by atoms with E-state index in [1.54, 1.807) is 0 Å². The molecule has 0 aliphatic heterocycles. The molecule has 0 heterocycles. The van der Waals surface area contributed by atoms with E-state index in [2.05, 4.69) is 0 Å². The van der Waals surface area contributed by atoms with Crippen molar-refractivity contribution < 1.29 is 15.0 Å². The highest BCUT2D eigenvalue weighted by Crippen LogP contribution is 2.25. The molecule has 0 aliphatic rings. The Morgan fingerprint density at radius 2 is 1.92 bits per heavy atom. The maximum absolute atomic E-state index is 10.8.